The van der Waals surface area contributed by atoms with Crippen molar-refractivity contribution in [2.75, 3.05) is 12.8 Å². The predicted molar refractivity (Wildman–Crippen MR) is 48.4 cm³/mol. The Morgan fingerprint density at radius 1 is 1.82 bits per heavy atom. The Bertz CT molecular complexity index is 278. The highest BCUT2D eigenvalue weighted by Gasteiger charge is 2.03. The molecule has 1 aromatic rings. The van der Waals surface area contributed by atoms with Crippen molar-refractivity contribution >= 4 is 23.1 Å². The Hall–Kier alpha value is -1.10. The summed E-state index contributed by atoms with van der Waals surface area (Å²) in [4.78, 5) is 0. The van der Waals surface area contributed by atoms with Crippen LogP contribution in [-0.2, 0) is 0 Å². The molecule has 1 rings (SSSR count). The molecule has 3 N–H and O–H groups in total. The van der Waals surface area contributed by atoms with Crippen molar-refractivity contribution in [1.82, 2.24) is 15.1 Å². The molecule has 0 atom stereocenters. The standard InChI is InChI=1S/C6H10N4S/c1-4-3-5(7)10(9-4)6(11)8-2/h3H,7H2,1-2H3,(H,8,11). The molecular weight excluding hydrogens is 160 g/mol. The first-order valence-corrected chi connectivity index (χ1v) is 3.60. The van der Waals surface area contributed by atoms with E-state index in [9.17, 15) is 0 Å². The average molecular weight is 170 g/mol. The van der Waals surface area contributed by atoms with Gasteiger partial charge in [0, 0.05) is 13.1 Å². The van der Waals surface area contributed by atoms with Gasteiger partial charge in [0.1, 0.15) is 5.82 Å². The van der Waals surface area contributed by atoms with E-state index < -0.39 is 0 Å². The van der Waals surface area contributed by atoms with E-state index in [2.05, 4.69) is 10.4 Å². The molecule has 0 aliphatic carbocycles. The topological polar surface area (TPSA) is 55.9 Å². The largest absolute Gasteiger partial charge is 0.383 e. The summed E-state index contributed by atoms with van der Waals surface area (Å²) in [6, 6.07) is 1.77. The monoisotopic (exact) mass is 170 g/mol. The van der Waals surface area contributed by atoms with Crippen LogP contribution in [0, 0.1) is 6.92 Å². The molecule has 5 heteroatoms. The molecule has 0 aromatic carbocycles. The summed E-state index contributed by atoms with van der Waals surface area (Å²) in [6.07, 6.45) is 0. The molecule has 0 saturated carbocycles. The number of nitrogens with two attached hydrogens (primary N) is 1. The third-order valence-corrected chi connectivity index (χ3v) is 1.64. The molecule has 0 saturated heterocycles. The van der Waals surface area contributed by atoms with Crippen LogP contribution in [0.3, 0.4) is 0 Å². The number of anilines is 1. The molecule has 0 spiro atoms. The second kappa shape index (κ2) is 2.87. The van der Waals surface area contributed by atoms with Crippen molar-refractivity contribution in [1.29, 1.82) is 0 Å². The molecule has 0 amide bonds. The molecular formula is C6H10N4S. The number of aryl methyl sites for hydroxylation is 1. The zero-order valence-corrected chi connectivity index (χ0v) is 7.27. The first kappa shape index (κ1) is 8.00. The van der Waals surface area contributed by atoms with Gasteiger partial charge >= 0.3 is 0 Å². The van der Waals surface area contributed by atoms with Gasteiger partial charge in [-0.15, -0.1) is 0 Å². The van der Waals surface area contributed by atoms with Gasteiger partial charge in [-0.3, -0.25) is 0 Å². The Kier molecular flexibility index (Phi) is 2.09. The van der Waals surface area contributed by atoms with Crippen molar-refractivity contribution in [3.63, 3.8) is 0 Å². The maximum Gasteiger partial charge on any atom is 0.195 e. The summed E-state index contributed by atoms with van der Waals surface area (Å²) in [6.45, 7) is 1.87. The summed E-state index contributed by atoms with van der Waals surface area (Å²) in [7, 11) is 1.73. The highest BCUT2D eigenvalue weighted by molar-refractivity contribution is 7.80. The quantitative estimate of drug-likeness (QED) is 0.543. The van der Waals surface area contributed by atoms with E-state index in [-0.39, 0.29) is 0 Å². The Morgan fingerprint density at radius 3 is 2.82 bits per heavy atom. The van der Waals surface area contributed by atoms with E-state index in [0.717, 1.165) is 5.69 Å². The van der Waals surface area contributed by atoms with Gasteiger partial charge in [-0.2, -0.15) is 9.78 Å². The van der Waals surface area contributed by atoms with E-state index in [1.54, 1.807) is 13.1 Å². The van der Waals surface area contributed by atoms with Crippen LogP contribution in [0.1, 0.15) is 5.69 Å². The summed E-state index contributed by atoms with van der Waals surface area (Å²) >= 11 is 4.93. The van der Waals surface area contributed by atoms with Gasteiger partial charge in [-0.25, -0.2) is 0 Å². The number of nitrogens with one attached hydrogen (secondary N) is 1. The molecule has 11 heavy (non-hydrogen) atoms. The zero-order chi connectivity index (χ0) is 8.43. The Labute approximate surface area is 70.4 Å². The molecule has 0 fully saturated rings. The van der Waals surface area contributed by atoms with Crippen molar-refractivity contribution in [2.24, 2.45) is 0 Å². The molecule has 0 radical (unpaired) electrons. The molecule has 0 bridgehead atoms. The van der Waals surface area contributed by atoms with Gasteiger partial charge in [0.25, 0.3) is 0 Å². The lowest BCUT2D eigenvalue weighted by Gasteiger charge is -2.02. The van der Waals surface area contributed by atoms with Crippen LogP contribution in [0.2, 0.25) is 0 Å². The Balaban J connectivity index is 3.03. The second-order valence-electron chi connectivity index (χ2n) is 2.18. The molecule has 0 unspecified atom stereocenters. The fourth-order valence-electron chi connectivity index (χ4n) is 0.788. The van der Waals surface area contributed by atoms with E-state index in [1.807, 2.05) is 6.92 Å². The van der Waals surface area contributed by atoms with Gasteiger partial charge in [0.15, 0.2) is 5.11 Å². The van der Waals surface area contributed by atoms with Crippen molar-refractivity contribution in [3.05, 3.63) is 11.8 Å². The van der Waals surface area contributed by atoms with Crippen LogP contribution >= 0.6 is 12.2 Å². The normalized spacial score (nSPS) is 9.64. The summed E-state index contributed by atoms with van der Waals surface area (Å²) < 4.78 is 1.49. The minimum atomic E-state index is 0.510. The molecule has 4 nitrogen and oxygen atoms in total. The summed E-state index contributed by atoms with van der Waals surface area (Å²) in [5, 5.41) is 7.37. The molecule has 0 aliphatic rings. The average Bonchev–Trinajstić information content (AvgIpc) is 2.28. The van der Waals surface area contributed by atoms with E-state index in [4.69, 9.17) is 18.0 Å². The Morgan fingerprint density at radius 2 is 2.45 bits per heavy atom. The maximum absolute atomic E-state index is 5.59. The number of nitrogen functional groups attached to an aromatic ring is 1. The van der Waals surface area contributed by atoms with Crippen molar-refractivity contribution in [3.8, 4) is 0 Å². The minimum absolute atomic E-state index is 0.510. The van der Waals surface area contributed by atoms with Crippen LogP contribution in [0.5, 0.6) is 0 Å². The van der Waals surface area contributed by atoms with Crippen LogP contribution in [0.4, 0.5) is 5.82 Å². The predicted octanol–water partition coefficient (Wildman–Crippen LogP) is 0.126. The van der Waals surface area contributed by atoms with Gasteiger partial charge in [0.05, 0.1) is 5.69 Å². The number of nitrogens with zero attached hydrogens (tertiary/aromatic N) is 2. The maximum atomic E-state index is 5.59. The zero-order valence-electron chi connectivity index (χ0n) is 6.46. The molecule has 0 aliphatic heterocycles. The smallest absolute Gasteiger partial charge is 0.195 e. The lowest BCUT2D eigenvalue weighted by molar-refractivity contribution is 0.894. The number of aromatic nitrogens is 2. The van der Waals surface area contributed by atoms with Gasteiger partial charge < -0.3 is 11.1 Å². The molecule has 60 valence electrons. The van der Waals surface area contributed by atoms with Crippen molar-refractivity contribution < 1.29 is 0 Å². The molecule has 1 heterocycles. The third kappa shape index (κ3) is 1.48. The summed E-state index contributed by atoms with van der Waals surface area (Å²) in [5.74, 6) is 0.557. The van der Waals surface area contributed by atoms with Crippen molar-refractivity contribution in [2.45, 2.75) is 6.92 Å². The summed E-state index contributed by atoms with van der Waals surface area (Å²) in [5.41, 5.74) is 6.45. The minimum Gasteiger partial charge on any atom is -0.383 e. The van der Waals surface area contributed by atoms with Crippen LogP contribution in [-0.4, -0.2) is 21.9 Å². The number of hydrogen-bond acceptors (Lipinski definition) is 3. The highest BCUT2D eigenvalue weighted by atomic mass is 32.1. The number of hydrogen-bond donors (Lipinski definition) is 2. The van der Waals surface area contributed by atoms with Crippen LogP contribution in [0.15, 0.2) is 6.07 Å². The number of thiocarbonyl (C=S) groups is 1. The fraction of sp³-hybridized carbons (Fsp3) is 0.333. The first-order chi connectivity index (χ1) is 5.15. The van der Waals surface area contributed by atoms with E-state index in [0.29, 0.717) is 10.9 Å². The van der Waals surface area contributed by atoms with Crippen LogP contribution in [0.25, 0.3) is 0 Å². The van der Waals surface area contributed by atoms with E-state index >= 15 is 0 Å². The molecule has 1 aromatic heterocycles. The third-order valence-electron chi connectivity index (χ3n) is 1.27. The lowest BCUT2D eigenvalue weighted by Crippen LogP contribution is -2.26. The van der Waals surface area contributed by atoms with Gasteiger partial charge in [-0.1, -0.05) is 0 Å². The van der Waals surface area contributed by atoms with Gasteiger partial charge in [-0.05, 0) is 19.1 Å². The first-order valence-electron chi connectivity index (χ1n) is 3.19. The lowest BCUT2D eigenvalue weighted by atomic mass is 10.5. The van der Waals surface area contributed by atoms with E-state index in [1.165, 1.54) is 4.68 Å². The number of rotatable bonds is 0. The van der Waals surface area contributed by atoms with Crippen LogP contribution < -0.4 is 11.1 Å². The van der Waals surface area contributed by atoms with Gasteiger partial charge in [0.2, 0.25) is 0 Å². The second-order valence-corrected chi connectivity index (χ2v) is 2.56. The highest BCUT2D eigenvalue weighted by Crippen LogP contribution is 2.03. The fourth-order valence-corrected chi connectivity index (χ4v) is 0.934. The SMILES string of the molecule is CNC(=S)n1nc(C)cc1N.